The van der Waals surface area contributed by atoms with Crippen LogP contribution in [0.1, 0.15) is 18.9 Å². The molecule has 1 unspecified atom stereocenters. The Balaban J connectivity index is 2.15. The van der Waals surface area contributed by atoms with Crippen LogP contribution >= 0.6 is 0 Å². The van der Waals surface area contributed by atoms with Gasteiger partial charge in [0.25, 0.3) is 0 Å². The largest absolute Gasteiger partial charge is 0.470 e. The Morgan fingerprint density at radius 1 is 1.56 bits per heavy atom. The molecule has 1 atom stereocenters. The molecule has 0 aliphatic carbocycles. The Morgan fingerprint density at radius 3 is 3.00 bits per heavy atom. The van der Waals surface area contributed by atoms with Crippen molar-refractivity contribution in [3.8, 4) is 5.75 Å². The summed E-state index contributed by atoms with van der Waals surface area (Å²) in [6.07, 6.45) is 0.311. The van der Waals surface area contributed by atoms with E-state index in [4.69, 9.17) is 9.84 Å². The number of benzene rings is 1. The van der Waals surface area contributed by atoms with Gasteiger partial charge in [0.2, 0.25) is 0 Å². The van der Waals surface area contributed by atoms with Crippen molar-refractivity contribution in [1.82, 2.24) is 4.90 Å². The third kappa shape index (κ3) is 1.96. The normalized spacial score (nSPS) is 18.4. The maximum absolute atomic E-state index is 11.0. The monoisotopic (exact) mass is 221 g/mol. The molecule has 0 spiro atoms. The van der Waals surface area contributed by atoms with E-state index in [-0.39, 0.29) is 6.23 Å². The molecule has 86 valence electrons. The van der Waals surface area contributed by atoms with Crippen molar-refractivity contribution in [2.75, 3.05) is 6.54 Å². The van der Waals surface area contributed by atoms with E-state index >= 15 is 0 Å². The maximum Gasteiger partial charge on any atom is 0.410 e. The number of para-hydroxylation sites is 1. The highest BCUT2D eigenvalue weighted by atomic mass is 16.5. The van der Waals surface area contributed by atoms with Gasteiger partial charge in [0.05, 0.1) is 0 Å². The summed E-state index contributed by atoms with van der Waals surface area (Å²) in [6.45, 7) is 2.26. The van der Waals surface area contributed by atoms with E-state index < -0.39 is 6.09 Å². The molecule has 1 aromatic carbocycles. The fraction of sp³-hybridized carbons (Fsp3) is 0.417. The Hall–Kier alpha value is -1.71. The summed E-state index contributed by atoms with van der Waals surface area (Å²) in [5.74, 6) is 0.804. The molecular weight excluding hydrogens is 206 g/mol. The highest BCUT2D eigenvalue weighted by molar-refractivity contribution is 5.65. The number of carboxylic acid groups (broad SMARTS) is 1. The van der Waals surface area contributed by atoms with Gasteiger partial charge in [0, 0.05) is 13.0 Å². The van der Waals surface area contributed by atoms with Crippen LogP contribution in [0.3, 0.4) is 0 Å². The predicted octanol–water partition coefficient (Wildman–Crippen LogP) is 2.34. The lowest BCUT2D eigenvalue weighted by atomic mass is 10.0. The lowest BCUT2D eigenvalue weighted by Crippen LogP contribution is -2.44. The minimum absolute atomic E-state index is 0.350. The summed E-state index contributed by atoms with van der Waals surface area (Å²) >= 11 is 0. The van der Waals surface area contributed by atoms with Gasteiger partial charge in [0.1, 0.15) is 5.75 Å². The number of rotatable bonds is 2. The first-order chi connectivity index (χ1) is 7.72. The minimum atomic E-state index is -0.924. The molecular formula is C12H15NO3. The van der Waals surface area contributed by atoms with E-state index in [0.29, 0.717) is 6.54 Å². The van der Waals surface area contributed by atoms with E-state index in [1.165, 1.54) is 4.90 Å². The van der Waals surface area contributed by atoms with Crippen molar-refractivity contribution in [2.24, 2.45) is 0 Å². The van der Waals surface area contributed by atoms with E-state index in [2.05, 4.69) is 0 Å². The van der Waals surface area contributed by atoms with Gasteiger partial charge in [-0.15, -0.1) is 0 Å². The number of amides is 1. The molecule has 0 fully saturated rings. The molecule has 1 N–H and O–H groups in total. The number of hydrogen-bond acceptors (Lipinski definition) is 2. The van der Waals surface area contributed by atoms with Crippen LogP contribution in [0, 0.1) is 0 Å². The first kappa shape index (κ1) is 10.8. The average molecular weight is 221 g/mol. The zero-order valence-corrected chi connectivity index (χ0v) is 9.22. The Bertz CT molecular complexity index is 392. The zero-order valence-electron chi connectivity index (χ0n) is 9.22. The summed E-state index contributed by atoms with van der Waals surface area (Å²) in [4.78, 5) is 12.3. The quantitative estimate of drug-likeness (QED) is 0.833. The average Bonchev–Trinajstić information content (AvgIpc) is 2.29. The second kappa shape index (κ2) is 4.43. The van der Waals surface area contributed by atoms with Crippen LogP contribution in [0.15, 0.2) is 24.3 Å². The van der Waals surface area contributed by atoms with Gasteiger partial charge < -0.3 is 9.84 Å². The second-order valence-electron chi connectivity index (χ2n) is 3.79. The van der Waals surface area contributed by atoms with Crippen molar-refractivity contribution >= 4 is 6.09 Å². The van der Waals surface area contributed by atoms with E-state index in [9.17, 15) is 4.79 Å². The number of hydrogen-bond donors (Lipinski definition) is 1. The molecule has 16 heavy (non-hydrogen) atoms. The molecule has 0 radical (unpaired) electrons. The maximum atomic E-state index is 11.0. The van der Waals surface area contributed by atoms with Gasteiger partial charge in [-0.2, -0.15) is 0 Å². The smallest absolute Gasteiger partial charge is 0.410 e. The summed E-state index contributed by atoms with van der Waals surface area (Å²) in [6, 6.07) is 7.77. The second-order valence-corrected chi connectivity index (χ2v) is 3.79. The standard InChI is InChI=1S/C12H15NO3/c1-2-13(12(14)15)11-8-7-9-5-3-4-6-10(9)16-11/h3-6,11H,2,7-8H2,1H3,(H,14,15). The number of nitrogens with zero attached hydrogens (tertiary/aromatic N) is 1. The molecule has 1 aromatic rings. The van der Waals surface area contributed by atoms with Crippen molar-refractivity contribution in [2.45, 2.75) is 26.0 Å². The number of aryl methyl sites for hydroxylation is 1. The first-order valence-corrected chi connectivity index (χ1v) is 5.46. The van der Waals surface area contributed by atoms with Crippen LogP contribution in [0.4, 0.5) is 4.79 Å². The molecule has 0 aromatic heterocycles. The number of carbonyl (C=O) groups is 1. The molecule has 1 aliphatic rings. The fourth-order valence-corrected chi connectivity index (χ4v) is 1.99. The summed E-state index contributed by atoms with van der Waals surface area (Å²) in [7, 11) is 0. The molecule has 1 aliphatic heterocycles. The van der Waals surface area contributed by atoms with Gasteiger partial charge in [-0.25, -0.2) is 4.79 Å². The van der Waals surface area contributed by atoms with E-state index in [1.54, 1.807) is 0 Å². The van der Waals surface area contributed by atoms with Crippen LogP contribution in [-0.2, 0) is 6.42 Å². The van der Waals surface area contributed by atoms with Crippen molar-refractivity contribution in [1.29, 1.82) is 0 Å². The van der Waals surface area contributed by atoms with Crippen LogP contribution in [0.25, 0.3) is 0 Å². The summed E-state index contributed by atoms with van der Waals surface area (Å²) < 4.78 is 5.69. The predicted molar refractivity (Wildman–Crippen MR) is 59.6 cm³/mol. The van der Waals surface area contributed by atoms with E-state index in [0.717, 1.165) is 24.2 Å². The first-order valence-electron chi connectivity index (χ1n) is 5.46. The number of fused-ring (bicyclic) bond motifs is 1. The molecule has 0 saturated heterocycles. The van der Waals surface area contributed by atoms with Crippen molar-refractivity contribution in [3.05, 3.63) is 29.8 Å². The van der Waals surface area contributed by atoms with Gasteiger partial charge in [-0.05, 0) is 25.0 Å². The molecule has 1 heterocycles. The van der Waals surface area contributed by atoms with Crippen molar-refractivity contribution < 1.29 is 14.6 Å². The van der Waals surface area contributed by atoms with Gasteiger partial charge in [-0.3, -0.25) is 4.90 Å². The Labute approximate surface area is 94.4 Å². The third-order valence-electron chi connectivity index (χ3n) is 2.83. The zero-order chi connectivity index (χ0) is 11.5. The lowest BCUT2D eigenvalue weighted by Gasteiger charge is -2.32. The van der Waals surface area contributed by atoms with Crippen LogP contribution in [0.5, 0.6) is 5.75 Å². The Morgan fingerprint density at radius 2 is 2.31 bits per heavy atom. The number of ether oxygens (including phenoxy) is 1. The van der Waals surface area contributed by atoms with Crippen LogP contribution in [-0.4, -0.2) is 28.9 Å². The minimum Gasteiger partial charge on any atom is -0.470 e. The van der Waals surface area contributed by atoms with Gasteiger partial charge in [-0.1, -0.05) is 18.2 Å². The fourth-order valence-electron chi connectivity index (χ4n) is 1.99. The Kier molecular flexibility index (Phi) is 2.99. The van der Waals surface area contributed by atoms with Crippen LogP contribution < -0.4 is 4.74 Å². The molecule has 2 rings (SSSR count). The van der Waals surface area contributed by atoms with Gasteiger partial charge >= 0.3 is 6.09 Å². The van der Waals surface area contributed by atoms with Crippen molar-refractivity contribution in [3.63, 3.8) is 0 Å². The molecule has 4 heteroatoms. The summed E-state index contributed by atoms with van der Waals surface area (Å²) in [5.41, 5.74) is 1.15. The molecule has 4 nitrogen and oxygen atoms in total. The third-order valence-corrected chi connectivity index (χ3v) is 2.83. The van der Waals surface area contributed by atoms with Crippen LogP contribution in [0.2, 0.25) is 0 Å². The van der Waals surface area contributed by atoms with Gasteiger partial charge in [0.15, 0.2) is 6.23 Å². The SMILES string of the molecule is CCN(C(=O)O)C1CCc2ccccc2O1. The summed E-state index contributed by atoms with van der Waals surface area (Å²) in [5, 5.41) is 9.02. The molecule has 0 bridgehead atoms. The highest BCUT2D eigenvalue weighted by Gasteiger charge is 2.27. The molecule has 0 saturated carbocycles. The highest BCUT2D eigenvalue weighted by Crippen LogP contribution is 2.28. The van der Waals surface area contributed by atoms with E-state index in [1.807, 2.05) is 31.2 Å². The molecule has 1 amide bonds. The lowest BCUT2D eigenvalue weighted by molar-refractivity contribution is 0.0199. The topological polar surface area (TPSA) is 49.8 Å².